The summed E-state index contributed by atoms with van der Waals surface area (Å²) in [5, 5.41) is 2.04. The highest BCUT2D eigenvalue weighted by molar-refractivity contribution is 7.09. The monoisotopic (exact) mass is 263 g/mol. The fourth-order valence-corrected chi connectivity index (χ4v) is 2.30. The molecule has 0 bridgehead atoms. The Kier molecular flexibility index (Phi) is 4.23. The topological polar surface area (TPSA) is 44.5 Å². The second-order valence-electron chi connectivity index (χ2n) is 4.06. The highest BCUT2D eigenvalue weighted by atomic mass is 32.1. The molecule has 0 spiro atoms. The molecule has 0 amide bonds. The van der Waals surface area contributed by atoms with Crippen molar-refractivity contribution in [1.29, 1.82) is 0 Å². The van der Waals surface area contributed by atoms with Crippen LogP contribution in [0.2, 0.25) is 0 Å². The SMILES string of the molecule is COc1ccc([C@H](C)N)c(OCc2cccs2)c1. The molecular weight excluding hydrogens is 246 g/mol. The molecule has 2 rings (SSSR count). The quantitative estimate of drug-likeness (QED) is 0.899. The van der Waals surface area contributed by atoms with Gasteiger partial charge in [-0.25, -0.2) is 0 Å². The predicted molar refractivity (Wildman–Crippen MR) is 74.2 cm³/mol. The zero-order valence-corrected chi connectivity index (χ0v) is 11.4. The van der Waals surface area contributed by atoms with Crippen LogP contribution in [0.4, 0.5) is 0 Å². The van der Waals surface area contributed by atoms with E-state index in [0.717, 1.165) is 17.1 Å². The van der Waals surface area contributed by atoms with E-state index in [9.17, 15) is 0 Å². The van der Waals surface area contributed by atoms with Crippen molar-refractivity contribution in [2.75, 3.05) is 7.11 Å². The van der Waals surface area contributed by atoms with Crippen molar-refractivity contribution in [2.24, 2.45) is 5.73 Å². The van der Waals surface area contributed by atoms with Crippen molar-refractivity contribution < 1.29 is 9.47 Å². The molecule has 1 aromatic heterocycles. The number of ether oxygens (including phenoxy) is 2. The Bertz CT molecular complexity index is 495. The molecule has 1 heterocycles. The molecule has 0 saturated heterocycles. The Morgan fingerprint density at radius 3 is 2.78 bits per heavy atom. The number of nitrogens with two attached hydrogens (primary N) is 1. The van der Waals surface area contributed by atoms with Gasteiger partial charge in [0.15, 0.2) is 0 Å². The number of rotatable bonds is 5. The Morgan fingerprint density at radius 2 is 2.17 bits per heavy atom. The maximum atomic E-state index is 5.94. The lowest BCUT2D eigenvalue weighted by Crippen LogP contribution is -2.08. The van der Waals surface area contributed by atoms with E-state index >= 15 is 0 Å². The summed E-state index contributed by atoms with van der Waals surface area (Å²) < 4.78 is 11.0. The van der Waals surface area contributed by atoms with E-state index in [1.54, 1.807) is 18.4 Å². The standard InChI is InChI=1S/C14H17NO2S/c1-10(15)13-6-5-11(16-2)8-14(13)17-9-12-4-3-7-18-12/h3-8,10H,9,15H2,1-2H3/t10-/m0/s1. The van der Waals surface area contributed by atoms with Crippen molar-refractivity contribution in [1.82, 2.24) is 0 Å². The first kappa shape index (κ1) is 12.9. The molecule has 0 unspecified atom stereocenters. The third-order valence-electron chi connectivity index (χ3n) is 2.66. The summed E-state index contributed by atoms with van der Waals surface area (Å²) in [6, 6.07) is 9.74. The van der Waals surface area contributed by atoms with Gasteiger partial charge in [0.05, 0.1) is 7.11 Å². The third kappa shape index (κ3) is 3.03. The first-order valence-electron chi connectivity index (χ1n) is 5.79. The molecule has 0 aliphatic rings. The summed E-state index contributed by atoms with van der Waals surface area (Å²) in [6.45, 7) is 2.50. The molecule has 0 radical (unpaired) electrons. The summed E-state index contributed by atoms with van der Waals surface area (Å²) >= 11 is 1.68. The zero-order valence-electron chi connectivity index (χ0n) is 10.6. The second kappa shape index (κ2) is 5.89. The average molecular weight is 263 g/mol. The van der Waals surface area contributed by atoms with Crippen LogP contribution in [0.15, 0.2) is 35.7 Å². The van der Waals surface area contributed by atoms with Crippen LogP contribution in [0.1, 0.15) is 23.4 Å². The molecule has 0 saturated carbocycles. The van der Waals surface area contributed by atoms with E-state index in [2.05, 4.69) is 6.07 Å². The van der Waals surface area contributed by atoms with Crippen LogP contribution in [0, 0.1) is 0 Å². The summed E-state index contributed by atoms with van der Waals surface area (Å²) in [4.78, 5) is 1.19. The van der Waals surface area contributed by atoms with Crippen LogP contribution >= 0.6 is 11.3 Å². The Morgan fingerprint density at radius 1 is 1.33 bits per heavy atom. The van der Waals surface area contributed by atoms with Gasteiger partial charge >= 0.3 is 0 Å². The fourth-order valence-electron chi connectivity index (χ4n) is 1.69. The van der Waals surface area contributed by atoms with Gasteiger partial charge in [-0.1, -0.05) is 12.1 Å². The summed E-state index contributed by atoms with van der Waals surface area (Å²) in [7, 11) is 1.64. The number of methoxy groups -OCH3 is 1. The van der Waals surface area contributed by atoms with Crippen molar-refractivity contribution >= 4 is 11.3 Å². The molecule has 2 N–H and O–H groups in total. The van der Waals surface area contributed by atoms with E-state index in [-0.39, 0.29) is 6.04 Å². The van der Waals surface area contributed by atoms with Crippen molar-refractivity contribution in [3.05, 3.63) is 46.2 Å². The minimum atomic E-state index is -0.0609. The number of thiophene rings is 1. The molecule has 1 atom stereocenters. The molecule has 0 fully saturated rings. The third-order valence-corrected chi connectivity index (χ3v) is 3.51. The number of hydrogen-bond donors (Lipinski definition) is 1. The second-order valence-corrected chi connectivity index (χ2v) is 5.09. The van der Waals surface area contributed by atoms with Gasteiger partial charge < -0.3 is 15.2 Å². The summed E-state index contributed by atoms with van der Waals surface area (Å²) in [6.07, 6.45) is 0. The lowest BCUT2D eigenvalue weighted by atomic mass is 10.1. The molecule has 18 heavy (non-hydrogen) atoms. The molecule has 0 aliphatic carbocycles. The first-order valence-corrected chi connectivity index (χ1v) is 6.67. The Labute approximate surface area is 111 Å². The van der Waals surface area contributed by atoms with Gasteiger partial charge in [-0.05, 0) is 24.4 Å². The number of benzene rings is 1. The van der Waals surface area contributed by atoms with Crippen LogP contribution in [0.25, 0.3) is 0 Å². The predicted octanol–water partition coefficient (Wildman–Crippen LogP) is 3.36. The van der Waals surface area contributed by atoms with Crippen molar-refractivity contribution in [3.63, 3.8) is 0 Å². The lowest BCUT2D eigenvalue weighted by Gasteiger charge is -2.14. The summed E-state index contributed by atoms with van der Waals surface area (Å²) in [5.74, 6) is 1.57. The highest BCUT2D eigenvalue weighted by Gasteiger charge is 2.10. The van der Waals surface area contributed by atoms with Crippen LogP contribution in [-0.4, -0.2) is 7.11 Å². The van der Waals surface area contributed by atoms with Gasteiger partial charge in [-0.15, -0.1) is 11.3 Å². The van der Waals surface area contributed by atoms with Gasteiger partial charge in [0, 0.05) is 22.5 Å². The molecular formula is C14H17NO2S. The molecule has 1 aromatic carbocycles. The van der Waals surface area contributed by atoms with E-state index in [1.807, 2.05) is 36.6 Å². The fraction of sp³-hybridized carbons (Fsp3) is 0.286. The molecule has 4 heteroatoms. The molecule has 3 nitrogen and oxygen atoms in total. The Hall–Kier alpha value is -1.52. The van der Waals surface area contributed by atoms with Gasteiger partial charge in [-0.3, -0.25) is 0 Å². The first-order chi connectivity index (χ1) is 8.70. The zero-order chi connectivity index (χ0) is 13.0. The maximum Gasteiger partial charge on any atom is 0.128 e. The van der Waals surface area contributed by atoms with Crippen LogP contribution < -0.4 is 15.2 Å². The smallest absolute Gasteiger partial charge is 0.128 e. The minimum absolute atomic E-state index is 0.0609. The van der Waals surface area contributed by atoms with E-state index in [0.29, 0.717) is 6.61 Å². The van der Waals surface area contributed by atoms with Crippen LogP contribution in [0.3, 0.4) is 0 Å². The average Bonchev–Trinajstić information content (AvgIpc) is 2.88. The molecule has 96 valence electrons. The van der Waals surface area contributed by atoms with Crippen molar-refractivity contribution in [2.45, 2.75) is 19.6 Å². The van der Waals surface area contributed by atoms with Crippen molar-refractivity contribution in [3.8, 4) is 11.5 Å². The Balaban J connectivity index is 2.18. The number of hydrogen-bond acceptors (Lipinski definition) is 4. The van der Waals surface area contributed by atoms with Crippen LogP contribution in [-0.2, 0) is 6.61 Å². The molecule has 2 aromatic rings. The summed E-state index contributed by atoms with van der Waals surface area (Å²) in [5.41, 5.74) is 6.93. The molecule has 0 aliphatic heterocycles. The normalized spacial score (nSPS) is 12.2. The maximum absolute atomic E-state index is 5.94. The van der Waals surface area contributed by atoms with E-state index in [1.165, 1.54) is 4.88 Å². The lowest BCUT2D eigenvalue weighted by molar-refractivity contribution is 0.302. The van der Waals surface area contributed by atoms with Gasteiger partial charge in [0.25, 0.3) is 0 Å². The van der Waals surface area contributed by atoms with Gasteiger partial charge in [0.2, 0.25) is 0 Å². The minimum Gasteiger partial charge on any atom is -0.497 e. The van der Waals surface area contributed by atoms with Crippen LogP contribution in [0.5, 0.6) is 11.5 Å². The van der Waals surface area contributed by atoms with Gasteiger partial charge in [-0.2, -0.15) is 0 Å². The highest BCUT2D eigenvalue weighted by Crippen LogP contribution is 2.29. The largest absolute Gasteiger partial charge is 0.497 e. The van der Waals surface area contributed by atoms with Gasteiger partial charge in [0.1, 0.15) is 18.1 Å². The van der Waals surface area contributed by atoms with E-state index < -0.39 is 0 Å². The van der Waals surface area contributed by atoms with E-state index in [4.69, 9.17) is 15.2 Å².